The van der Waals surface area contributed by atoms with Gasteiger partial charge >= 0.3 is 0 Å². The average molecular weight is 261 g/mol. The lowest BCUT2D eigenvalue weighted by molar-refractivity contribution is -0.121. The summed E-state index contributed by atoms with van der Waals surface area (Å²) in [7, 11) is 0. The number of hydrogen-bond acceptors (Lipinski definition) is 2. The number of fused-ring (bicyclic) bond motifs is 1. The van der Waals surface area contributed by atoms with Crippen LogP contribution in [0.4, 0.5) is 0 Å². The first-order valence-electron chi connectivity index (χ1n) is 7.11. The van der Waals surface area contributed by atoms with E-state index in [1.807, 2.05) is 13.8 Å². The number of hydrogen-bond donors (Lipinski definition) is 2. The third-order valence-corrected chi connectivity index (χ3v) is 4.06. The van der Waals surface area contributed by atoms with Crippen LogP contribution in [0.25, 0.3) is 0 Å². The molecular weight excluding hydrogens is 238 g/mol. The molecule has 2 N–H and O–H groups in total. The quantitative estimate of drug-likeness (QED) is 0.850. The molecule has 2 atom stereocenters. The number of aliphatic hydroxyl groups excluding tert-OH is 1. The summed E-state index contributed by atoms with van der Waals surface area (Å²) >= 11 is 0. The van der Waals surface area contributed by atoms with E-state index in [0.29, 0.717) is 6.42 Å². The van der Waals surface area contributed by atoms with Crippen LogP contribution in [0.15, 0.2) is 18.2 Å². The fourth-order valence-corrected chi connectivity index (χ4v) is 2.53. The van der Waals surface area contributed by atoms with E-state index in [4.69, 9.17) is 5.11 Å². The Morgan fingerprint density at radius 3 is 2.79 bits per heavy atom. The Bertz CT molecular complexity index is 456. The summed E-state index contributed by atoms with van der Waals surface area (Å²) in [4.78, 5) is 12.0. The minimum Gasteiger partial charge on any atom is -0.396 e. The molecule has 0 aliphatic heterocycles. The van der Waals surface area contributed by atoms with Gasteiger partial charge in [-0.1, -0.05) is 25.1 Å². The Kier molecular flexibility index (Phi) is 4.59. The monoisotopic (exact) mass is 261 g/mol. The zero-order valence-electron chi connectivity index (χ0n) is 11.8. The first kappa shape index (κ1) is 14.1. The smallest absolute Gasteiger partial charge is 0.224 e. The zero-order chi connectivity index (χ0) is 13.8. The molecule has 3 nitrogen and oxygen atoms in total. The third-order valence-electron chi connectivity index (χ3n) is 4.06. The Balaban J connectivity index is 1.92. The van der Waals surface area contributed by atoms with Gasteiger partial charge in [-0.2, -0.15) is 0 Å². The van der Waals surface area contributed by atoms with Crippen LogP contribution < -0.4 is 5.32 Å². The summed E-state index contributed by atoms with van der Waals surface area (Å²) in [5.41, 5.74) is 3.93. The molecule has 2 rings (SSSR count). The van der Waals surface area contributed by atoms with E-state index in [1.54, 1.807) is 0 Å². The van der Waals surface area contributed by atoms with Crippen molar-refractivity contribution in [2.45, 2.75) is 45.6 Å². The molecule has 0 aromatic heterocycles. The van der Waals surface area contributed by atoms with Gasteiger partial charge in [-0.25, -0.2) is 0 Å². The minimum absolute atomic E-state index is 0.00641. The Morgan fingerprint density at radius 2 is 2.05 bits per heavy atom. The van der Waals surface area contributed by atoms with Crippen molar-refractivity contribution in [3.63, 3.8) is 0 Å². The summed E-state index contributed by atoms with van der Waals surface area (Å²) in [6.07, 6.45) is 3.97. The molecule has 0 saturated heterocycles. The van der Waals surface area contributed by atoms with Crippen LogP contribution in [0.5, 0.6) is 0 Å². The summed E-state index contributed by atoms with van der Waals surface area (Å²) in [6, 6.07) is 6.39. The summed E-state index contributed by atoms with van der Waals surface area (Å²) in [5, 5.41) is 12.0. The number of rotatable bonds is 5. The van der Waals surface area contributed by atoms with Crippen molar-refractivity contribution < 1.29 is 9.90 Å². The van der Waals surface area contributed by atoms with E-state index < -0.39 is 0 Å². The summed E-state index contributed by atoms with van der Waals surface area (Å²) in [6.45, 7) is 3.96. The highest BCUT2D eigenvalue weighted by atomic mass is 16.3. The predicted octanol–water partition coefficient (Wildman–Crippen LogP) is 1.85. The van der Waals surface area contributed by atoms with Gasteiger partial charge in [0.25, 0.3) is 0 Å². The van der Waals surface area contributed by atoms with Gasteiger partial charge in [0.15, 0.2) is 0 Å². The SMILES string of the molecule is CC(CO)C(C)NC(=O)Cc1ccc2c(c1)CCC2. The van der Waals surface area contributed by atoms with Crippen molar-refractivity contribution in [3.8, 4) is 0 Å². The Labute approximate surface area is 115 Å². The first-order valence-corrected chi connectivity index (χ1v) is 7.11. The summed E-state index contributed by atoms with van der Waals surface area (Å²) < 4.78 is 0. The van der Waals surface area contributed by atoms with E-state index in [2.05, 4.69) is 23.5 Å². The third kappa shape index (κ3) is 3.57. The topological polar surface area (TPSA) is 49.3 Å². The molecule has 3 heteroatoms. The van der Waals surface area contributed by atoms with E-state index in [9.17, 15) is 4.79 Å². The number of aryl methyl sites for hydroxylation is 2. The normalized spacial score (nSPS) is 16.8. The maximum Gasteiger partial charge on any atom is 0.224 e. The predicted molar refractivity (Wildman–Crippen MR) is 76.0 cm³/mol. The largest absolute Gasteiger partial charge is 0.396 e. The van der Waals surface area contributed by atoms with Crippen LogP contribution in [0, 0.1) is 5.92 Å². The molecule has 0 fully saturated rings. The molecule has 1 aliphatic carbocycles. The second kappa shape index (κ2) is 6.20. The maximum absolute atomic E-state index is 12.0. The number of carbonyl (C=O) groups excluding carboxylic acids is 1. The fourth-order valence-electron chi connectivity index (χ4n) is 2.53. The van der Waals surface area contributed by atoms with E-state index in [1.165, 1.54) is 24.0 Å². The van der Waals surface area contributed by atoms with E-state index in [0.717, 1.165) is 12.0 Å². The number of aliphatic hydroxyl groups is 1. The molecule has 19 heavy (non-hydrogen) atoms. The number of carbonyl (C=O) groups is 1. The molecular formula is C16H23NO2. The van der Waals surface area contributed by atoms with Gasteiger partial charge in [0.2, 0.25) is 5.91 Å². The van der Waals surface area contributed by atoms with Gasteiger partial charge in [-0.3, -0.25) is 4.79 Å². The molecule has 0 bridgehead atoms. The van der Waals surface area contributed by atoms with Crippen molar-refractivity contribution in [2.24, 2.45) is 5.92 Å². The van der Waals surface area contributed by atoms with Crippen LogP contribution in [-0.4, -0.2) is 23.7 Å². The highest BCUT2D eigenvalue weighted by molar-refractivity contribution is 5.79. The van der Waals surface area contributed by atoms with Crippen LogP contribution in [-0.2, 0) is 24.1 Å². The molecule has 0 saturated carbocycles. The van der Waals surface area contributed by atoms with Gasteiger partial charge in [0, 0.05) is 12.6 Å². The highest BCUT2D eigenvalue weighted by Gasteiger charge is 2.15. The number of amides is 1. The van der Waals surface area contributed by atoms with Crippen LogP contribution in [0.3, 0.4) is 0 Å². The van der Waals surface area contributed by atoms with Gasteiger partial charge in [0.05, 0.1) is 6.42 Å². The van der Waals surface area contributed by atoms with Crippen LogP contribution in [0.2, 0.25) is 0 Å². The lowest BCUT2D eigenvalue weighted by Crippen LogP contribution is -2.39. The molecule has 2 unspecified atom stereocenters. The van der Waals surface area contributed by atoms with Gasteiger partial charge in [0.1, 0.15) is 0 Å². The zero-order valence-corrected chi connectivity index (χ0v) is 11.8. The van der Waals surface area contributed by atoms with Crippen LogP contribution >= 0.6 is 0 Å². The molecule has 0 heterocycles. The molecule has 1 aromatic rings. The number of nitrogens with one attached hydrogen (secondary N) is 1. The lowest BCUT2D eigenvalue weighted by atomic mass is 10.0. The van der Waals surface area contributed by atoms with Crippen molar-refractivity contribution in [3.05, 3.63) is 34.9 Å². The second-order valence-electron chi connectivity index (χ2n) is 5.65. The molecule has 0 radical (unpaired) electrons. The molecule has 104 valence electrons. The minimum atomic E-state index is 0.00641. The Hall–Kier alpha value is -1.35. The van der Waals surface area contributed by atoms with Crippen molar-refractivity contribution in [1.29, 1.82) is 0 Å². The second-order valence-corrected chi connectivity index (χ2v) is 5.65. The average Bonchev–Trinajstić information content (AvgIpc) is 2.84. The van der Waals surface area contributed by atoms with E-state index in [-0.39, 0.29) is 24.5 Å². The van der Waals surface area contributed by atoms with E-state index >= 15 is 0 Å². The highest BCUT2D eigenvalue weighted by Crippen LogP contribution is 2.22. The summed E-state index contributed by atoms with van der Waals surface area (Å²) in [5.74, 6) is 0.120. The van der Waals surface area contributed by atoms with Crippen molar-refractivity contribution in [2.75, 3.05) is 6.61 Å². The Morgan fingerprint density at radius 1 is 1.32 bits per heavy atom. The van der Waals surface area contributed by atoms with Gasteiger partial charge in [-0.15, -0.1) is 0 Å². The standard InChI is InChI=1S/C16H23NO2/c1-11(10-18)12(2)17-16(19)9-13-6-7-14-4-3-5-15(14)8-13/h6-8,11-12,18H,3-5,9-10H2,1-2H3,(H,17,19). The molecule has 1 amide bonds. The fraction of sp³-hybridized carbons (Fsp3) is 0.562. The molecule has 1 aliphatic rings. The van der Waals surface area contributed by atoms with Gasteiger partial charge in [-0.05, 0) is 48.8 Å². The number of benzene rings is 1. The molecule has 0 spiro atoms. The van der Waals surface area contributed by atoms with Crippen LogP contribution in [0.1, 0.15) is 37.0 Å². The van der Waals surface area contributed by atoms with Crippen molar-refractivity contribution >= 4 is 5.91 Å². The van der Waals surface area contributed by atoms with Crippen molar-refractivity contribution in [1.82, 2.24) is 5.32 Å². The van der Waals surface area contributed by atoms with Gasteiger partial charge < -0.3 is 10.4 Å². The maximum atomic E-state index is 12.0. The lowest BCUT2D eigenvalue weighted by Gasteiger charge is -2.19. The first-order chi connectivity index (χ1) is 9.10. The molecule has 1 aromatic carbocycles.